The van der Waals surface area contributed by atoms with Crippen molar-refractivity contribution in [1.82, 2.24) is 9.88 Å². The van der Waals surface area contributed by atoms with Crippen molar-refractivity contribution in [2.75, 3.05) is 5.32 Å². The van der Waals surface area contributed by atoms with Gasteiger partial charge in [-0.1, -0.05) is 18.2 Å². The summed E-state index contributed by atoms with van der Waals surface area (Å²) in [6, 6.07) is 8.36. The van der Waals surface area contributed by atoms with Gasteiger partial charge in [-0.2, -0.15) is 0 Å². The number of nitrogens with zero attached hydrogens (tertiary/aromatic N) is 2. The Balaban J connectivity index is 1.37. The second-order valence-electron chi connectivity index (χ2n) is 7.96. The molecular formula is C22H21N3O3. The number of rotatable bonds is 3. The van der Waals surface area contributed by atoms with Crippen LogP contribution in [0.2, 0.25) is 0 Å². The van der Waals surface area contributed by atoms with Crippen molar-refractivity contribution in [3.63, 3.8) is 0 Å². The number of imide groups is 1. The molecule has 2 heterocycles. The Kier molecular flexibility index (Phi) is 3.82. The monoisotopic (exact) mass is 375 g/mol. The zero-order valence-electron chi connectivity index (χ0n) is 15.5. The third kappa shape index (κ3) is 2.47. The molecule has 3 aliphatic carbocycles. The highest BCUT2D eigenvalue weighted by molar-refractivity contribution is 6.10. The zero-order chi connectivity index (χ0) is 19.4. The molecule has 6 rings (SSSR count). The number of fused-ring (bicyclic) bond motifs is 2. The highest BCUT2D eigenvalue weighted by Gasteiger charge is 2.58. The van der Waals surface area contributed by atoms with E-state index in [1.165, 1.54) is 4.90 Å². The molecule has 1 aromatic carbocycles. The molecule has 1 saturated carbocycles. The van der Waals surface area contributed by atoms with Gasteiger partial charge in [0.25, 0.3) is 0 Å². The van der Waals surface area contributed by atoms with Gasteiger partial charge in [0.15, 0.2) is 0 Å². The highest BCUT2D eigenvalue weighted by atomic mass is 16.2. The molecule has 6 nitrogen and oxygen atoms in total. The summed E-state index contributed by atoms with van der Waals surface area (Å²) >= 11 is 0. The molecule has 3 amide bonds. The van der Waals surface area contributed by atoms with Crippen molar-refractivity contribution in [3.05, 3.63) is 48.7 Å². The van der Waals surface area contributed by atoms with E-state index in [4.69, 9.17) is 0 Å². The van der Waals surface area contributed by atoms with E-state index in [0.717, 1.165) is 23.7 Å². The van der Waals surface area contributed by atoms with Crippen molar-refractivity contribution in [2.24, 2.45) is 23.7 Å². The van der Waals surface area contributed by atoms with E-state index >= 15 is 0 Å². The molecule has 5 atom stereocenters. The van der Waals surface area contributed by atoms with E-state index < -0.39 is 6.04 Å². The molecule has 1 N–H and O–H groups in total. The number of hydrogen-bond donors (Lipinski definition) is 1. The fourth-order valence-electron chi connectivity index (χ4n) is 5.00. The largest absolute Gasteiger partial charge is 0.324 e. The first kappa shape index (κ1) is 17.1. The van der Waals surface area contributed by atoms with Crippen LogP contribution in [0.1, 0.15) is 19.8 Å². The van der Waals surface area contributed by atoms with E-state index in [1.54, 1.807) is 19.2 Å². The quantitative estimate of drug-likeness (QED) is 0.661. The first-order valence-corrected chi connectivity index (χ1v) is 9.75. The van der Waals surface area contributed by atoms with Gasteiger partial charge in [0.1, 0.15) is 6.04 Å². The normalized spacial score (nSPS) is 29.2. The van der Waals surface area contributed by atoms with E-state index in [2.05, 4.69) is 22.5 Å². The second-order valence-corrected chi connectivity index (χ2v) is 7.96. The number of aromatic nitrogens is 1. The van der Waals surface area contributed by atoms with Crippen LogP contribution >= 0.6 is 0 Å². The summed E-state index contributed by atoms with van der Waals surface area (Å²) in [7, 11) is 0. The van der Waals surface area contributed by atoms with Gasteiger partial charge >= 0.3 is 0 Å². The number of allylic oxidation sites excluding steroid dienone is 2. The molecule has 0 spiro atoms. The predicted octanol–water partition coefficient (Wildman–Crippen LogP) is 2.76. The van der Waals surface area contributed by atoms with Gasteiger partial charge in [-0.3, -0.25) is 24.3 Å². The standard InChI is InChI=1S/C22H21N3O3/c1-12(20(26)24-16-8-9-17-15(11-16)3-2-10-23-17)25-21(27)18-13-4-5-14(7-6-13)19(18)22(25)28/h2-5,8-14,18-19H,6-7H2,1H3,(H,24,26)/t12-,13+,14+,18+,19+/m1/s1. The lowest BCUT2D eigenvalue weighted by Gasteiger charge is -2.38. The van der Waals surface area contributed by atoms with Crippen LogP contribution in [0.25, 0.3) is 10.9 Å². The molecular weight excluding hydrogens is 354 g/mol. The third-order valence-electron chi connectivity index (χ3n) is 6.43. The number of carbonyl (C=O) groups is 3. The molecule has 0 unspecified atom stereocenters. The Morgan fingerprint density at radius 1 is 1.11 bits per heavy atom. The van der Waals surface area contributed by atoms with Gasteiger partial charge in [0, 0.05) is 17.3 Å². The van der Waals surface area contributed by atoms with Crippen molar-refractivity contribution < 1.29 is 14.4 Å². The van der Waals surface area contributed by atoms with Crippen LogP contribution < -0.4 is 5.32 Å². The van der Waals surface area contributed by atoms with Gasteiger partial charge in [0.05, 0.1) is 17.4 Å². The third-order valence-corrected chi connectivity index (χ3v) is 6.43. The highest BCUT2D eigenvalue weighted by Crippen LogP contribution is 2.49. The lowest BCUT2D eigenvalue weighted by molar-refractivity contribution is -0.146. The first-order chi connectivity index (χ1) is 13.5. The first-order valence-electron chi connectivity index (χ1n) is 9.75. The average molecular weight is 375 g/mol. The Morgan fingerprint density at radius 3 is 2.43 bits per heavy atom. The van der Waals surface area contributed by atoms with Crippen LogP contribution in [0.5, 0.6) is 0 Å². The molecule has 1 aliphatic heterocycles. The predicted molar refractivity (Wildman–Crippen MR) is 104 cm³/mol. The minimum absolute atomic E-state index is 0.125. The minimum atomic E-state index is -0.838. The van der Waals surface area contributed by atoms with Crippen LogP contribution in [0, 0.1) is 23.7 Å². The molecule has 6 heteroatoms. The van der Waals surface area contributed by atoms with E-state index in [9.17, 15) is 14.4 Å². The number of hydrogen-bond acceptors (Lipinski definition) is 4. The Labute approximate surface area is 162 Å². The average Bonchev–Trinajstić information content (AvgIpc) is 3.01. The SMILES string of the molecule is C[C@H](C(=O)Nc1ccc2ncccc2c1)N1C(=O)[C@@H]2[C@@H](C1=O)[C@H]1C=C[C@H]2CC1. The summed E-state index contributed by atoms with van der Waals surface area (Å²) in [6.45, 7) is 1.63. The molecule has 2 fully saturated rings. The Hall–Kier alpha value is -3.02. The van der Waals surface area contributed by atoms with Gasteiger partial charge in [-0.25, -0.2) is 0 Å². The Bertz CT molecular complexity index is 999. The minimum Gasteiger partial charge on any atom is -0.324 e. The number of likely N-dealkylation sites (tertiary alicyclic amines) is 1. The van der Waals surface area contributed by atoms with E-state index in [-0.39, 0.29) is 41.4 Å². The second kappa shape index (κ2) is 6.26. The maximum atomic E-state index is 13.0. The number of amides is 3. The molecule has 4 aliphatic rings. The van der Waals surface area contributed by atoms with Gasteiger partial charge in [0.2, 0.25) is 17.7 Å². The van der Waals surface area contributed by atoms with Crippen LogP contribution in [0.15, 0.2) is 48.7 Å². The fourth-order valence-corrected chi connectivity index (χ4v) is 5.00. The van der Waals surface area contributed by atoms with Gasteiger partial charge in [-0.15, -0.1) is 0 Å². The van der Waals surface area contributed by atoms with Crippen molar-refractivity contribution >= 4 is 34.3 Å². The zero-order valence-corrected chi connectivity index (χ0v) is 15.5. The van der Waals surface area contributed by atoms with Crippen LogP contribution in [-0.2, 0) is 14.4 Å². The summed E-state index contributed by atoms with van der Waals surface area (Å²) in [6.07, 6.45) is 7.77. The molecule has 1 saturated heterocycles. The topological polar surface area (TPSA) is 79.4 Å². The number of nitrogens with one attached hydrogen (secondary N) is 1. The Morgan fingerprint density at radius 2 is 1.79 bits per heavy atom. The van der Waals surface area contributed by atoms with Crippen LogP contribution in [-0.4, -0.2) is 33.6 Å². The number of benzene rings is 1. The van der Waals surface area contributed by atoms with Crippen LogP contribution in [0.4, 0.5) is 5.69 Å². The lowest BCUT2D eigenvalue weighted by Crippen LogP contribution is -2.46. The van der Waals surface area contributed by atoms with Gasteiger partial charge < -0.3 is 5.32 Å². The maximum Gasteiger partial charge on any atom is 0.247 e. The molecule has 2 bridgehead atoms. The summed E-state index contributed by atoms with van der Waals surface area (Å²) in [5, 5.41) is 3.75. The smallest absolute Gasteiger partial charge is 0.247 e. The fraction of sp³-hybridized carbons (Fsp3) is 0.364. The number of anilines is 1. The summed E-state index contributed by atoms with van der Waals surface area (Å²) in [5.74, 6) is -1.08. The van der Waals surface area contributed by atoms with Crippen molar-refractivity contribution in [1.29, 1.82) is 0 Å². The number of pyridine rings is 1. The van der Waals surface area contributed by atoms with Gasteiger partial charge in [-0.05, 0) is 55.9 Å². The van der Waals surface area contributed by atoms with E-state index in [0.29, 0.717) is 5.69 Å². The lowest BCUT2D eigenvalue weighted by atomic mass is 9.63. The summed E-state index contributed by atoms with van der Waals surface area (Å²) < 4.78 is 0. The van der Waals surface area contributed by atoms with Crippen molar-refractivity contribution in [2.45, 2.75) is 25.8 Å². The van der Waals surface area contributed by atoms with Crippen LogP contribution in [0.3, 0.4) is 0 Å². The summed E-state index contributed by atoms with van der Waals surface area (Å²) in [5.41, 5.74) is 1.46. The molecule has 2 aromatic rings. The molecule has 0 radical (unpaired) electrons. The van der Waals surface area contributed by atoms with E-state index in [1.807, 2.05) is 24.3 Å². The molecule has 28 heavy (non-hydrogen) atoms. The number of carbonyl (C=O) groups excluding carboxylic acids is 3. The molecule has 142 valence electrons. The molecule has 1 aromatic heterocycles. The maximum absolute atomic E-state index is 13.0. The van der Waals surface area contributed by atoms with Crippen molar-refractivity contribution in [3.8, 4) is 0 Å². The summed E-state index contributed by atoms with van der Waals surface area (Å²) in [4.78, 5) is 44.3.